The number of amides is 1. The molecule has 1 amide bonds. The number of nitriles is 1. The van der Waals surface area contributed by atoms with Crippen molar-refractivity contribution in [1.82, 2.24) is 15.5 Å². The van der Waals surface area contributed by atoms with Crippen LogP contribution in [0.15, 0.2) is 59.6 Å². The Hall–Kier alpha value is -3.53. The molecule has 0 atom stereocenters. The predicted molar refractivity (Wildman–Crippen MR) is 126 cm³/mol. The first kappa shape index (κ1) is 23.1. The van der Waals surface area contributed by atoms with E-state index < -0.39 is 0 Å². The summed E-state index contributed by atoms with van der Waals surface area (Å²) >= 11 is 0. The molecule has 2 aromatic rings. The van der Waals surface area contributed by atoms with Crippen LogP contribution < -0.4 is 15.4 Å². The number of para-hydroxylation sites is 1. The Morgan fingerprint density at radius 2 is 1.81 bits per heavy atom. The highest BCUT2D eigenvalue weighted by Gasteiger charge is 2.37. The first-order chi connectivity index (χ1) is 15.5. The van der Waals surface area contributed by atoms with Crippen molar-refractivity contribution in [2.45, 2.75) is 37.1 Å². The van der Waals surface area contributed by atoms with Gasteiger partial charge in [-0.3, -0.25) is 10.1 Å². The average Bonchev–Trinajstić information content (AvgIpc) is 2.83. The predicted octanol–water partition coefficient (Wildman–Crippen LogP) is 3.29. The van der Waals surface area contributed by atoms with E-state index >= 15 is 0 Å². The maximum atomic E-state index is 12.9. The largest absolute Gasteiger partial charge is 0.496 e. The van der Waals surface area contributed by atoms with E-state index in [-0.39, 0.29) is 17.4 Å². The topological polar surface area (TPSA) is 89.7 Å². The van der Waals surface area contributed by atoms with Crippen molar-refractivity contribution < 1.29 is 9.53 Å². The highest BCUT2D eigenvalue weighted by atomic mass is 16.5. The van der Waals surface area contributed by atoms with Crippen LogP contribution in [0.1, 0.15) is 41.6 Å². The van der Waals surface area contributed by atoms with Crippen LogP contribution in [0.25, 0.3) is 0 Å². The fraction of sp³-hybridized carbons (Fsp3) is 0.400. The SMILES string of the molecule is COc1ccccc1C(=O)NCC1(c2ccccc2)CCC(N=C(NC#N)N(C)C)CC1. The Balaban J connectivity index is 1.77. The Labute approximate surface area is 190 Å². The Morgan fingerprint density at radius 1 is 1.16 bits per heavy atom. The molecule has 1 aliphatic rings. The van der Waals surface area contributed by atoms with Gasteiger partial charge in [-0.05, 0) is 43.4 Å². The van der Waals surface area contributed by atoms with Crippen LogP contribution in [0.5, 0.6) is 5.75 Å². The highest BCUT2D eigenvalue weighted by Crippen LogP contribution is 2.40. The van der Waals surface area contributed by atoms with Gasteiger partial charge in [-0.2, -0.15) is 5.26 Å². The molecule has 2 aromatic carbocycles. The molecule has 3 rings (SSSR count). The molecule has 0 heterocycles. The number of rotatable bonds is 6. The lowest BCUT2D eigenvalue weighted by molar-refractivity contribution is 0.0932. The molecule has 0 aromatic heterocycles. The second-order valence-corrected chi connectivity index (χ2v) is 8.34. The van der Waals surface area contributed by atoms with Gasteiger partial charge in [0, 0.05) is 26.1 Å². The number of hydrogen-bond acceptors (Lipinski definition) is 4. The van der Waals surface area contributed by atoms with E-state index in [1.165, 1.54) is 5.56 Å². The lowest BCUT2D eigenvalue weighted by Crippen LogP contribution is -2.44. The third kappa shape index (κ3) is 5.38. The molecule has 0 bridgehead atoms. The lowest BCUT2D eigenvalue weighted by Gasteiger charge is -2.40. The maximum Gasteiger partial charge on any atom is 0.255 e. The minimum atomic E-state index is -0.161. The number of carbonyl (C=O) groups excluding carboxylic acids is 1. The Kier molecular flexibility index (Phi) is 7.72. The number of benzene rings is 2. The van der Waals surface area contributed by atoms with Gasteiger partial charge >= 0.3 is 0 Å². The monoisotopic (exact) mass is 433 g/mol. The second kappa shape index (κ2) is 10.7. The van der Waals surface area contributed by atoms with Crippen LogP contribution in [0.4, 0.5) is 0 Å². The molecule has 0 radical (unpaired) electrons. The van der Waals surface area contributed by atoms with Crippen molar-refractivity contribution in [2.24, 2.45) is 4.99 Å². The van der Waals surface area contributed by atoms with Gasteiger partial charge in [-0.1, -0.05) is 42.5 Å². The zero-order chi connectivity index (χ0) is 23.0. The van der Waals surface area contributed by atoms with Crippen molar-refractivity contribution in [2.75, 3.05) is 27.7 Å². The van der Waals surface area contributed by atoms with Crippen molar-refractivity contribution in [3.05, 3.63) is 65.7 Å². The minimum absolute atomic E-state index is 0.133. The zero-order valence-electron chi connectivity index (χ0n) is 19.0. The summed E-state index contributed by atoms with van der Waals surface area (Å²) < 4.78 is 5.35. The molecule has 32 heavy (non-hydrogen) atoms. The number of methoxy groups -OCH3 is 1. The van der Waals surface area contributed by atoms with Gasteiger partial charge in [-0.25, -0.2) is 4.99 Å². The van der Waals surface area contributed by atoms with Gasteiger partial charge in [0.25, 0.3) is 5.91 Å². The number of aliphatic imine (C=N–C) groups is 1. The molecule has 1 aliphatic carbocycles. The fourth-order valence-electron chi connectivity index (χ4n) is 4.30. The molecule has 2 N–H and O–H groups in total. The van der Waals surface area contributed by atoms with Crippen LogP contribution in [0, 0.1) is 11.5 Å². The van der Waals surface area contributed by atoms with E-state index in [2.05, 4.69) is 22.8 Å². The van der Waals surface area contributed by atoms with Crippen molar-refractivity contribution in [3.63, 3.8) is 0 Å². The third-order valence-corrected chi connectivity index (χ3v) is 6.13. The fourth-order valence-corrected chi connectivity index (χ4v) is 4.30. The van der Waals surface area contributed by atoms with Crippen molar-refractivity contribution >= 4 is 11.9 Å². The van der Waals surface area contributed by atoms with Gasteiger partial charge < -0.3 is 15.0 Å². The van der Waals surface area contributed by atoms with Gasteiger partial charge in [0.15, 0.2) is 6.19 Å². The summed E-state index contributed by atoms with van der Waals surface area (Å²) in [5, 5.41) is 14.8. The molecule has 0 aliphatic heterocycles. The van der Waals surface area contributed by atoms with Crippen LogP contribution in [-0.2, 0) is 5.41 Å². The lowest BCUT2D eigenvalue weighted by atomic mass is 9.68. The van der Waals surface area contributed by atoms with Gasteiger partial charge in [-0.15, -0.1) is 0 Å². The van der Waals surface area contributed by atoms with Gasteiger partial charge in [0.05, 0.1) is 18.7 Å². The number of ether oxygens (including phenoxy) is 1. The number of hydrogen-bond donors (Lipinski definition) is 2. The van der Waals surface area contributed by atoms with E-state index in [0.29, 0.717) is 23.8 Å². The van der Waals surface area contributed by atoms with E-state index in [1.54, 1.807) is 19.2 Å². The smallest absolute Gasteiger partial charge is 0.255 e. The zero-order valence-corrected chi connectivity index (χ0v) is 19.0. The molecule has 7 heteroatoms. The third-order valence-electron chi connectivity index (χ3n) is 6.13. The summed E-state index contributed by atoms with van der Waals surface area (Å²) in [6.07, 6.45) is 5.50. The summed E-state index contributed by atoms with van der Waals surface area (Å²) in [5.41, 5.74) is 1.60. The molecular formula is C25H31N5O2. The van der Waals surface area contributed by atoms with E-state index in [0.717, 1.165) is 25.7 Å². The Bertz CT molecular complexity index is 973. The van der Waals surface area contributed by atoms with Gasteiger partial charge in [0.2, 0.25) is 5.96 Å². The van der Waals surface area contributed by atoms with E-state index in [9.17, 15) is 4.79 Å². The highest BCUT2D eigenvalue weighted by molar-refractivity contribution is 5.97. The Morgan fingerprint density at radius 3 is 2.44 bits per heavy atom. The van der Waals surface area contributed by atoms with Crippen LogP contribution >= 0.6 is 0 Å². The van der Waals surface area contributed by atoms with Gasteiger partial charge in [0.1, 0.15) is 5.75 Å². The molecule has 0 spiro atoms. The maximum absolute atomic E-state index is 12.9. The summed E-state index contributed by atoms with van der Waals surface area (Å²) in [4.78, 5) is 19.5. The molecule has 1 fully saturated rings. The number of guanidine groups is 1. The van der Waals surface area contributed by atoms with Crippen LogP contribution in [0.2, 0.25) is 0 Å². The molecular weight excluding hydrogens is 402 g/mol. The number of nitrogens with one attached hydrogen (secondary N) is 2. The summed E-state index contributed by atoms with van der Waals surface area (Å²) in [6, 6.07) is 17.8. The standard InChI is InChI=1S/C25H31N5O2/c1-30(2)24(28-18-26)29-20-13-15-25(16-14-20,19-9-5-4-6-10-19)17-27-23(31)21-11-7-8-12-22(21)32-3/h4-12,20H,13-17H2,1-3H3,(H,27,31)(H,28,29). The second-order valence-electron chi connectivity index (χ2n) is 8.34. The molecule has 0 saturated heterocycles. The quantitative estimate of drug-likeness (QED) is 0.316. The first-order valence-electron chi connectivity index (χ1n) is 10.9. The minimum Gasteiger partial charge on any atom is -0.496 e. The molecule has 1 saturated carbocycles. The number of carbonyl (C=O) groups is 1. The summed E-state index contributed by atoms with van der Waals surface area (Å²) in [5.74, 6) is 1.01. The molecule has 7 nitrogen and oxygen atoms in total. The van der Waals surface area contributed by atoms with Crippen molar-refractivity contribution in [3.8, 4) is 11.9 Å². The molecule has 168 valence electrons. The van der Waals surface area contributed by atoms with Crippen LogP contribution in [-0.4, -0.2) is 50.6 Å². The van der Waals surface area contributed by atoms with Crippen molar-refractivity contribution in [1.29, 1.82) is 5.26 Å². The number of nitrogens with zero attached hydrogens (tertiary/aromatic N) is 3. The normalized spacial score (nSPS) is 20.7. The molecule has 0 unspecified atom stereocenters. The first-order valence-corrected chi connectivity index (χ1v) is 10.9. The van der Waals surface area contributed by atoms with E-state index in [1.807, 2.05) is 55.5 Å². The summed E-state index contributed by atoms with van der Waals surface area (Å²) in [7, 11) is 5.31. The summed E-state index contributed by atoms with van der Waals surface area (Å²) in [6.45, 7) is 0.543. The van der Waals surface area contributed by atoms with Crippen LogP contribution in [0.3, 0.4) is 0 Å². The van der Waals surface area contributed by atoms with E-state index in [4.69, 9.17) is 15.0 Å². The average molecular weight is 434 g/mol.